The zero-order valence-corrected chi connectivity index (χ0v) is 11.6. The molecular formula is C16H10ClF2NO. The van der Waals surface area contributed by atoms with Crippen molar-refractivity contribution in [2.45, 2.75) is 5.88 Å². The van der Waals surface area contributed by atoms with Crippen LogP contribution in [-0.2, 0) is 5.88 Å². The normalized spacial score (nSPS) is 10.8. The Morgan fingerprint density at radius 1 is 1.00 bits per heavy atom. The number of nitrogens with zero attached hydrogens (tertiary/aromatic N) is 1. The minimum atomic E-state index is -0.967. The number of para-hydroxylation sites is 1. The third-order valence-corrected chi connectivity index (χ3v) is 3.32. The quantitative estimate of drug-likeness (QED) is 0.632. The van der Waals surface area contributed by atoms with Gasteiger partial charge in [-0.05, 0) is 23.8 Å². The summed E-state index contributed by atoms with van der Waals surface area (Å²) in [5.74, 6) is -1.12. The second-order valence-corrected chi connectivity index (χ2v) is 4.72. The highest BCUT2D eigenvalue weighted by Crippen LogP contribution is 2.27. The Morgan fingerprint density at radius 2 is 1.81 bits per heavy atom. The molecule has 0 saturated carbocycles. The topological polar surface area (TPSA) is 22.1 Å². The number of pyridine rings is 1. The Bertz CT molecular complexity index is 807. The lowest BCUT2D eigenvalue weighted by molar-refractivity contribution is 0.449. The number of aromatic nitrogens is 1. The fourth-order valence-corrected chi connectivity index (χ4v) is 2.27. The van der Waals surface area contributed by atoms with Crippen molar-refractivity contribution in [1.82, 2.24) is 4.98 Å². The third kappa shape index (κ3) is 2.81. The first kappa shape index (κ1) is 13.8. The number of hydrogen-bond acceptors (Lipinski definition) is 2. The third-order valence-electron chi connectivity index (χ3n) is 3.04. The second kappa shape index (κ2) is 5.66. The fourth-order valence-electron chi connectivity index (χ4n) is 2.04. The summed E-state index contributed by atoms with van der Waals surface area (Å²) in [5, 5.41) is 0.935. The van der Waals surface area contributed by atoms with Gasteiger partial charge in [-0.25, -0.2) is 13.8 Å². The van der Waals surface area contributed by atoms with Gasteiger partial charge in [-0.2, -0.15) is 0 Å². The van der Waals surface area contributed by atoms with E-state index in [1.165, 1.54) is 6.07 Å². The van der Waals surface area contributed by atoms with Gasteiger partial charge in [0.2, 0.25) is 5.88 Å². The minimum Gasteiger partial charge on any atom is -0.439 e. The van der Waals surface area contributed by atoms with Crippen molar-refractivity contribution in [2.24, 2.45) is 0 Å². The summed E-state index contributed by atoms with van der Waals surface area (Å²) in [6, 6.07) is 12.5. The van der Waals surface area contributed by atoms with Crippen LogP contribution in [0, 0.1) is 11.6 Å². The molecule has 0 atom stereocenters. The number of halogens is 3. The highest BCUT2D eigenvalue weighted by molar-refractivity contribution is 6.18. The summed E-state index contributed by atoms with van der Waals surface area (Å²) in [4.78, 5) is 4.33. The van der Waals surface area contributed by atoms with Gasteiger partial charge >= 0.3 is 0 Å². The van der Waals surface area contributed by atoms with Gasteiger partial charge in [0.05, 0.1) is 5.52 Å². The summed E-state index contributed by atoms with van der Waals surface area (Å²) in [6.07, 6.45) is 0. The first-order valence-electron chi connectivity index (χ1n) is 6.25. The highest BCUT2D eigenvalue weighted by atomic mass is 35.5. The first-order chi connectivity index (χ1) is 10.2. The average Bonchev–Trinajstić information content (AvgIpc) is 2.50. The van der Waals surface area contributed by atoms with E-state index in [2.05, 4.69) is 4.98 Å². The van der Waals surface area contributed by atoms with Crippen molar-refractivity contribution in [3.8, 4) is 11.6 Å². The number of fused-ring (bicyclic) bond motifs is 1. The van der Waals surface area contributed by atoms with E-state index in [1.54, 1.807) is 6.07 Å². The van der Waals surface area contributed by atoms with Crippen molar-refractivity contribution < 1.29 is 13.5 Å². The number of hydrogen-bond donors (Lipinski definition) is 0. The Hall–Kier alpha value is -2.20. The Morgan fingerprint density at radius 3 is 2.57 bits per heavy atom. The molecule has 2 aromatic carbocycles. The van der Waals surface area contributed by atoms with E-state index in [4.69, 9.17) is 16.3 Å². The van der Waals surface area contributed by atoms with Crippen LogP contribution in [0.1, 0.15) is 5.56 Å². The molecule has 5 heteroatoms. The monoisotopic (exact) mass is 305 g/mol. The summed E-state index contributed by atoms with van der Waals surface area (Å²) in [5.41, 5.74) is 1.59. The maximum absolute atomic E-state index is 13.2. The van der Waals surface area contributed by atoms with Crippen LogP contribution >= 0.6 is 11.6 Å². The van der Waals surface area contributed by atoms with Crippen LogP contribution in [0.15, 0.2) is 48.5 Å². The number of benzene rings is 2. The molecule has 3 rings (SSSR count). The lowest BCUT2D eigenvalue weighted by atomic mass is 10.1. The lowest BCUT2D eigenvalue weighted by Gasteiger charge is -2.09. The Labute approximate surface area is 125 Å². The molecule has 1 aromatic heterocycles. The zero-order chi connectivity index (χ0) is 14.8. The van der Waals surface area contributed by atoms with Crippen LogP contribution < -0.4 is 4.74 Å². The molecule has 0 aliphatic rings. The van der Waals surface area contributed by atoms with Gasteiger partial charge in [0.15, 0.2) is 11.6 Å². The molecule has 106 valence electrons. The van der Waals surface area contributed by atoms with Gasteiger partial charge in [-0.1, -0.05) is 18.2 Å². The second-order valence-electron chi connectivity index (χ2n) is 4.45. The van der Waals surface area contributed by atoms with Crippen LogP contribution in [0.4, 0.5) is 8.78 Å². The average molecular weight is 306 g/mol. The standard InChI is InChI=1S/C16H10ClF2NO/c17-9-10-7-16(20-15-4-2-1-3-12(10)15)21-11-5-6-13(18)14(19)8-11/h1-8H,9H2. The highest BCUT2D eigenvalue weighted by Gasteiger charge is 2.08. The smallest absolute Gasteiger partial charge is 0.220 e. The van der Waals surface area contributed by atoms with Crippen LogP contribution in [0.2, 0.25) is 0 Å². The maximum atomic E-state index is 13.2. The maximum Gasteiger partial charge on any atom is 0.220 e. The first-order valence-corrected chi connectivity index (χ1v) is 6.78. The zero-order valence-electron chi connectivity index (χ0n) is 10.8. The summed E-state index contributed by atoms with van der Waals surface area (Å²) >= 11 is 5.93. The predicted molar refractivity (Wildman–Crippen MR) is 77.7 cm³/mol. The van der Waals surface area contributed by atoms with E-state index in [0.717, 1.165) is 28.6 Å². The molecule has 0 N–H and O–H groups in total. The number of ether oxygens (including phenoxy) is 1. The van der Waals surface area contributed by atoms with Crippen molar-refractivity contribution >= 4 is 22.5 Å². The molecule has 2 nitrogen and oxygen atoms in total. The minimum absolute atomic E-state index is 0.178. The van der Waals surface area contributed by atoms with E-state index in [-0.39, 0.29) is 11.6 Å². The van der Waals surface area contributed by atoms with Crippen LogP contribution in [-0.4, -0.2) is 4.98 Å². The Balaban J connectivity index is 2.02. The Kier molecular flexibility index (Phi) is 3.71. The van der Waals surface area contributed by atoms with Gasteiger partial charge in [0.25, 0.3) is 0 Å². The van der Waals surface area contributed by atoms with Crippen molar-refractivity contribution in [2.75, 3.05) is 0 Å². The molecule has 0 unspecified atom stereocenters. The molecule has 0 amide bonds. The van der Waals surface area contributed by atoms with Crippen molar-refractivity contribution in [3.05, 3.63) is 65.7 Å². The predicted octanol–water partition coefficient (Wildman–Crippen LogP) is 5.04. The van der Waals surface area contributed by atoms with E-state index in [0.29, 0.717) is 5.88 Å². The summed E-state index contributed by atoms with van der Waals surface area (Å²) in [7, 11) is 0. The molecular weight excluding hydrogens is 296 g/mol. The van der Waals surface area contributed by atoms with E-state index < -0.39 is 11.6 Å². The van der Waals surface area contributed by atoms with E-state index >= 15 is 0 Å². The molecule has 0 bridgehead atoms. The molecule has 0 saturated heterocycles. The van der Waals surface area contributed by atoms with Crippen LogP contribution in [0.3, 0.4) is 0 Å². The molecule has 1 heterocycles. The van der Waals surface area contributed by atoms with Crippen LogP contribution in [0.5, 0.6) is 11.6 Å². The van der Waals surface area contributed by atoms with Crippen LogP contribution in [0.25, 0.3) is 10.9 Å². The van der Waals surface area contributed by atoms with Gasteiger partial charge in [-0.15, -0.1) is 11.6 Å². The molecule has 21 heavy (non-hydrogen) atoms. The summed E-state index contributed by atoms with van der Waals surface area (Å²) < 4.78 is 31.6. The summed E-state index contributed by atoms with van der Waals surface area (Å²) in [6.45, 7) is 0. The molecule has 0 aliphatic carbocycles. The van der Waals surface area contributed by atoms with Crippen molar-refractivity contribution in [3.63, 3.8) is 0 Å². The molecule has 0 radical (unpaired) electrons. The van der Waals surface area contributed by atoms with Gasteiger partial charge in [0.1, 0.15) is 5.75 Å². The van der Waals surface area contributed by atoms with E-state index in [1.807, 2.05) is 24.3 Å². The lowest BCUT2D eigenvalue weighted by Crippen LogP contribution is -1.93. The molecule has 0 fully saturated rings. The molecule has 0 aliphatic heterocycles. The SMILES string of the molecule is Fc1ccc(Oc2cc(CCl)c3ccccc3n2)cc1F. The largest absolute Gasteiger partial charge is 0.439 e. The van der Waals surface area contributed by atoms with Gasteiger partial charge < -0.3 is 4.74 Å². The number of rotatable bonds is 3. The fraction of sp³-hybridized carbons (Fsp3) is 0.0625. The molecule has 3 aromatic rings. The van der Waals surface area contributed by atoms with E-state index in [9.17, 15) is 8.78 Å². The van der Waals surface area contributed by atoms with Gasteiger partial charge in [-0.3, -0.25) is 0 Å². The molecule has 0 spiro atoms. The number of alkyl halides is 1. The van der Waals surface area contributed by atoms with Gasteiger partial charge in [0, 0.05) is 23.4 Å². The van der Waals surface area contributed by atoms with Crippen molar-refractivity contribution in [1.29, 1.82) is 0 Å².